The van der Waals surface area contributed by atoms with E-state index in [-0.39, 0.29) is 30.2 Å². The zero-order chi connectivity index (χ0) is 22.9. The number of ether oxygens (including phenoxy) is 2. The molecule has 9 heteroatoms. The van der Waals surface area contributed by atoms with Gasteiger partial charge in [0.2, 0.25) is 11.8 Å². The van der Waals surface area contributed by atoms with Crippen LogP contribution in [0.25, 0.3) is 5.69 Å². The zero-order valence-corrected chi connectivity index (χ0v) is 19.2. The van der Waals surface area contributed by atoms with Crippen LogP contribution in [0.2, 0.25) is 0 Å². The van der Waals surface area contributed by atoms with Crippen LogP contribution in [0.3, 0.4) is 0 Å². The number of aromatic nitrogens is 2. The van der Waals surface area contributed by atoms with E-state index in [1.165, 1.54) is 11.8 Å². The van der Waals surface area contributed by atoms with Crippen molar-refractivity contribution < 1.29 is 19.1 Å². The summed E-state index contributed by atoms with van der Waals surface area (Å²) in [6.45, 7) is 4.73. The van der Waals surface area contributed by atoms with Crippen LogP contribution in [0.15, 0.2) is 53.6 Å². The molecule has 1 aromatic heterocycles. The summed E-state index contributed by atoms with van der Waals surface area (Å²) in [5.74, 6) is 1.30. The molecular formula is C24H24N4O4S. The first-order chi connectivity index (χ1) is 16.0. The minimum absolute atomic E-state index is 0.0669. The molecule has 0 saturated heterocycles. The van der Waals surface area contributed by atoms with Crippen molar-refractivity contribution in [2.24, 2.45) is 0 Å². The Hall–Kier alpha value is -3.46. The highest BCUT2D eigenvalue weighted by Gasteiger charge is 2.33. The molecule has 0 fully saturated rings. The Morgan fingerprint density at radius 1 is 1.15 bits per heavy atom. The van der Waals surface area contributed by atoms with Gasteiger partial charge in [0, 0.05) is 0 Å². The normalized spacial score (nSPS) is 15.7. The molecular weight excluding hydrogens is 440 g/mol. The van der Waals surface area contributed by atoms with E-state index >= 15 is 0 Å². The molecule has 5 rings (SSSR count). The highest BCUT2D eigenvalue weighted by molar-refractivity contribution is 8.00. The van der Waals surface area contributed by atoms with Crippen LogP contribution in [-0.4, -0.2) is 47.1 Å². The van der Waals surface area contributed by atoms with Crippen molar-refractivity contribution in [1.82, 2.24) is 15.1 Å². The highest BCUT2D eigenvalue weighted by atomic mass is 32.2. The smallest absolute Gasteiger partial charge is 0.240 e. The third kappa shape index (κ3) is 4.16. The Balaban J connectivity index is 1.34. The van der Waals surface area contributed by atoms with E-state index in [0.29, 0.717) is 36.1 Å². The summed E-state index contributed by atoms with van der Waals surface area (Å²) >= 11 is 1.45. The van der Waals surface area contributed by atoms with Crippen LogP contribution in [0.5, 0.6) is 11.5 Å². The average Bonchev–Trinajstić information content (AvgIpc) is 3.17. The third-order valence-corrected chi connectivity index (χ3v) is 6.67. The second kappa shape index (κ2) is 8.82. The Morgan fingerprint density at radius 3 is 2.70 bits per heavy atom. The highest BCUT2D eigenvalue weighted by Crippen LogP contribution is 2.39. The predicted octanol–water partition coefficient (Wildman–Crippen LogP) is 3.27. The molecule has 33 heavy (non-hydrogen) atoms. The van der Waals surface area contributed by atoms with Gasteiger partial charge in [-0.3, -0.25) is 14.5 Å². The molecule has 1 atom stereocenters. The van der Waals surface area contributed by atoms with Crippen LogP contribution < -0.4 is 19.7 Å². The van der Waals surface area contributed by atoms with Crippen LogP contribution in [0.4, 0.5) is 5.69 Å². The van der Waals surface area contributed by atoms with Crippen molar-refractivity contribution >= 4 is 29.3 Å². The maximum Gasteiger partial charge on any atom is 0.240 e. The first kappa shape index (κ1) is 21.4. The van der Waals surface area contributed by atoms with Gasteiger partial charge in [0.15, 0.2) is 11.5 Å². The van der Waals surface area contributed by atoms with E-state index in [1.54, 1.807) is 4.90 Å². The van der Waals surface area contributed by atoms with Gasteiger partial charge in [-0.2, -0.15) is 5.10 Å². The van der Waals surface area contributed by atoms with E-state index < -0.39 is 0 Å². The standard InChI is InChI=1S/C24H24N4O4S/c1-15(17-8-9-19-20(12-17)32-11-10-31-19)25-21(29)13-27-22(30)14-33-24-23(27)16(2)26-28(24)18-6-4-3-5-7-18/h3-9,12,15H,10-11,13-14H2,1-2H3,(H,25,29)/t15-/m0/s1. The average molecular weight is 465 g/mol. The second-order valence-electron chi connectivity index (χ2n) is 7.95. The minimum Gasteiger partial charge on any atom is -0.486 e. The van der Waals surface area contributed by atoms with Gasteiger partial charge in [-0.1, -0.05) is 36.0 Å². The predicted molar refractivity (Wildman–Crippen MR) is 125 cm³/mol. The van der Waals surface area contributed by atoms with Gasteiger partial charge >= 0.3 is 0 Å². The summed E-state index contributed by atoms with van der Waals surface area (Å²) < 4.78 is 13.0. The molecule has 2 amide bonds. The van der Waals surface area contributed by atoms with Gasteiger partial charge in [-0.25, -0.2) is 4.68 Å². The number of carbonyl (C=O) groups excluding carboxylic acids is 2. The number of nitrogens with one attached hydrogen (secondary N) is 1. The summed E-state index contributed by atoms with van der Waals surface area (Å²) in [6, 6.07) is 15.2. The minimum atomic E-state index is -0.254. The Labute approximate surface area is 195 Å². The van der Waals surface area contributed by atoms with Crippen LogP contribution in [0.1, 0.15) is 24.2 Å². The summed E-state index contributed by atoms with van der Waals surface area (Å²) in [5, 5.41) is 8.51. The Kier molecular flexibility index (Phi) is 5.72. The molecule has 8 nitrogen and oxygen atoms in total. The van der Waals surface area contributed by atoms with Gasteiger partial charge in [0.25, 0.3) is 0 Å². The fourth-order valence-corrected chi connectivity index (χ4v) is 5.10. The number of hydrogen-bond acceptors (Lipinski definition) is 6. The first-order valence-electron chi connectivity index (χ1n) is 10.8. The van der Waals surface area contributed by atoms with Gasteiger partial charge in [0.1, 0.15) is 24.8 Å². The number of carbonyl (C=O) groups is 2. The Bertz CT molecular complexity index is 1210. The number of hydrogen-bond donors (Lipinski definition) is 1. The van der Waals surface area contributed by atoms with E-state index in [2.05, 4.69) is 10.4 Å². The van der Waals surface area contributed by atoms with Gasteiger partial charge < -0.3 is 14.8 Å². The summed E-state index contributed by atoms with van der Waals surface area (Å²) in [5.41, 5.74) is 3.23. The number of thioether (sulfide) groups is 1. The zero-order valence-electron chi connectivity index (χ0n) is 18.4. The molecule has 0 radical (unpaired) electrons. The lowest BCUT2D eigenvalue weighted by atomic mass is 10.1. The van der Waals surface area contributed by atoms with Gasteiger partial charge in [0.05, 0.1) is 28.9 Å². The molecule has 2 aliphatic heterocycles. The number of anilines is 1. The maximum absolute atomic E-state index is 12.9. The molecule has 3 heterocycles. The monoisotopic (exact) mass is 464 g/mol. The molecule has 170 valence electrons. The lowest BCUT2D eigenvalue weighted by molar-refractivity contribution is -0.123. The molecule has 3 aromatic rings. The molecule has 2 aromatic carbocycles. The van der Waals surface area contributed by atoms with Crippen LogP contribution in [0, 0.1) is 6.92 Å². The fraction of sp³-hybridized carbons (Fsp3) is 0.292. The number of rotatable bonds is 5. The largest absolute Gasteiger partial charge is 0.486 e. The lowest BCUT2D eigenvalue weighted by Crippen LogP contribution is -2.44. The maximum atomic E-state index is 12.9. The molecule has 0 unspecified atom stereocenters. The molecule has 0 aliphatic carbocycles. The van der Waals surface area contributed by atoms with Gasteiger partial charge in [-0.15, -0.1) is 0 Å². The van der Waals surface area contributed by atoms with Crippen molar-refractivity contribution in [2.75, 3.05) is 30.4 Å². The number of amides is 2. The van der Waals surface area contributed by atoms with Crippen LogP contribution >= 0.6 is 11.8 Å². The van der Waals surface area contributed by atoms with Crippen molar-refractivity contribution in [3.05, 3.63) is 59.8 Å². The van der Waals surface area contributed by atoms with E-state index in [1.807, 2.05) is 67.1 Å². The van der Waals surface area contributed by atoms with Crippen molar-refractivity contribution in [1.29, 1.82) is 0 Å². The van der Waals surface area contributed by atoms with E-state index in [9.17, 15) is 9.59 Å². The SMILES string of the molecule is Cc1nn(-c2ccccc2)c2c1N(CC(=O)N[C@@H](C)c1ccc3c(c1)OCCO3)C(=O)CS2. The first-order valence-corrected chi connectivity index (χ1v) is 11.8. The van der Waals surface area contributed by atoms with Crippen molar-refractivity contribution in [3.8, 4) is 17.2 Å². The van der Waals surface area contributed by atoms with E-state index in [0.717, 1.165) is 16.3 Å². The summed E-state index contributed by atoms with van der Waals surface area (Å²) in [4.78, 5) is 27.2. The number of aryl methyl sites for hydroxylation is 1. The molecule has 0 bridgehead atoms. The molecule has 2 aliphatic rings. The van der Waals surface area contributed by atoms with Crippen molar-refractivity contribution in [3.63, 3.8) is 0 Å². The van der Waals surface area contributed by atoms with E-state index in [4.69, 9.17) is 9.47 Å². The third-order valence-electron chi connectivity index (χ3n) is 5.64. The number of nitrogens with zero attached hydrogens (tertiary/aromatic N) is 3. The van der Waals surface area contributed by atoms with Gasteiger partial charge in [-0.05, 0) is 43.7 Å². The summed E-state index contributed by atoms with van der Waals surface area (Å²) in [7, 11) is 0. The second-order valence-corrected chi connectivity index (χ2v) is 8.91. The molecule has 1 N–H and O–H groups in total. The Morgan fingerprint density at radius 2 is 1.91 bits per heavy atom. The fourth-order valence-electron chi connectivity index (χ4n) is 4.03. The number of para-hydroxylation sites is 1. The molecule has 0 spiro atoms. The number of benzene rings is 2. The quantitative estimate of drug-likeness (QED) is 0.624. The van der Waals surface area contributed by atoms with Crippen LogP contribution in [-0.2, 0) is 9.59 Å². The van der Waals surface area contributed by atoms with Crippen molar-refractivity contribution in [2.45, 2.75) is 24.9 Å². The summed E-state index contributed by atoms with van der Waals surface area (Å²) in [6.07, 6.45) is 0. The topological polar surface area (TPSA) is 85.7 Å². The molecule has 0 saturated carbocycles. The number of fused-ring (bicyclic) bond motifs is 2. The lowest BCUT2D eigenvalue weighted by Gasteiger charge is -2.27.